The Morgan fingerprint density at radius 3 is 2.49 bits per heavy atom. The van der Waals surface area contributed by atoms with Crippen molar-refractivity contribution in [2.45, 2.75) is 82.2 Å². The van der Waals surface area contributed by atoms with E-state index in [1.807, 2.05) is 0 Å². The largest absolute Gasteiger partial charge is 0.303 e. The van der Waals surface area contributed by atoms with E-state index in [0.29, 0.717) is 5.41 Å². The van der Waals surface area contributed by atoms with Crippen LogP contribution in [0.15, 0.2) is 40.8 Å². The van der Waals surface area contributed by atoms with Crippen LogP contribution in [0.4, 0.5) is 4.39 Å². The Morgan fingerprint density at radius 2 is 1.74 bits per heavy atom. The molecule has 1 aromatic rings. The Hall–Kier alpha value is -1.24. The summed E-state index contributed by atoms with van der Waals surface area (Å²) in [5, 5.41) is 0. The molecule has 192 valence electrons. The van der Waals surface area contributed by atoms with Crippen LogP contribution in [-0.4, -0.2) is 50.3 Å². The van der Waals surface area contributed by atoms with Crippen molar-refractivity contribution < 1.29 is 12.8 Å². The van der Waals surface area contributed by atoms with E-state index in [1.165, 1.54) is 68.5 Å². The highest BCUT2D eigenvalue weighted by molar-refractivity contribution is 7.89. The molecule has 6 heteroatoms. The van der Waals surface area contributed by atoms with Gasteiger partial charge in [0.1, 0.15) is 5.82 Å². The van der Waals surface area contributed by atoms with Crippen LogP contribution in [0.3, 0.4) is 0 Å². The first kappa shape index (κ1) is 24.1. The van der Waals surface area contributed by atoms with Gasteiger partial charge in [-0.3, -0.25) is 0 Å². The Bertz CT molecular complexity index is 1130. The van der Waals surface area contributed by atoms with Gasteiger partial charge in [-0.2, -0.15) is 4.31 Å². The lowest BCUT2D eigenvalue weighted by Gasteiger charge is -2.58. The molecule has 0 aromatic heterocycles. The van der Waals surface area contributed by atoms with E-state index in [9.17, 15) is 12.8 Å². The molecule has 1 aliphatic heterocycles. The summed E-state index contributed by atoms with van der Waals surface area (Å²) in [5.74, 6) is 2.84. The van der Waals surface area contributed by atoms with Crippen molar-refractivity contribution in [2.75, 3.05) is 20.6 Å². The number of benzene rings is 1. The minimum absolute atomic E-state index is 0.0314. The number of allylic oxidation sites excluding steroid dienone is 1. The third-order valence-electron chi connectivity index (χ3n) is 11.7. The van der Waals surface area contributed by atoms with E-state index in [-0.39, 0.29) is 16.4 Å². The lowest BCUT2D eigenvalue weighted by molar-refractivity contribution is -0.0419. The fraction of sp³-hybridized carbons (Fsp3) is 0.724. The van der Waals surface area contributed by atoms with Crippen molar-refractivity contribution in [2.24, 2.45) is 34.5 Å². The number of sulfonamides is 1. The minimum Gasteiger partial charge on any atom is -0.303 e. The van der Waals surface area contributed by atoms with Crippen molar-refractivity contribution in [3.63, 3.8) is 0 Å². The van der Waals surface area contributed by atoms with Gasteiger partial charge in [-0.15, -0.1) is 0 Å². The summed E-state index contributed by atoms with van der Waals surface area (Å²) >= 11 is 0. The minimum atomic E-state index is -3.63. The number of hydrogen-bond donors (Lipinski definition) is 0. The molecule has 0 amide bonds. The quantitative estimate of drug-likeness (QED) is 0.499. The third-order valence-corrected chi connectivity index (χ3v) is 13.6. The van der Waals surface area contributed by atoms with Crippen LogP contribution >= 0.6 is 0 Å². The monoisotopic (exact) mass is 500 g/mol. The molecule has 5 aliphatic rings. The molecule has 3 saturated carbocycles. The molecule has 4 aliphatic carbocycles. The molecule has 0 bridgehead atoms. The van der Waals surface area contributed by atoms with Crippen LogP contribution in [0.2, 0.25) is 0 Å². The first-order chi connectivity index (χ1) is 16.6. The van der Waals surface area contributed by atoms with E-state index < -0.39 is 15.8 Å². The Morgan fingerprint density at radius 1 is 1.03 bits per heavy atom. The van der Waals surface area contributed by atoms with Gasteiger partial charge < -0.3 is 4.90 Å². The average molecular weight is 501 g/mol. The lowest BCUT2D eigenvalue weighted by Crippen LogP contribution is -2.53. The van der Waals surface area contributed by atoms with Crippen molar-refractivity contribution >= 4 is 10.0 Å². The fourth-order valence-corrected chi connectivity index (χ4v) is 11.1. The summed E-state index contributed by atoms with van der Waals surface area (Å²) in [5.41, 5.74) is 2.24. The van der Waals surface area contributed by atoms with Gasteiger partial charge in [0.15, 0.2) is 0 Å². The second-order valence-corrected chi connectivity index (χ2v) is 14.7. The highest BCUT2D eigenvalue weighted by atomic mass is 32.2. The molecular formula is C29H41FN2O2S. The van der Waals surface area contributed by atoms with Gasteiger partial charge in [-0.25, -0.2) is 12.8 Å². The molecule has 8 unspecified atom stereocenters. The Kier molecular flexibility index (Phi) is 5.60. The summed E-state index contributed by atoms with van der Waals surface area (Å²) in [6.45, 7) is 6.23. The molecule has 0 radical (unpaired) electrons. The second-order valence-electron chi connectivity index (χ2n) is 12.7. The van der Waals surface area contributed by atoms with Gasteiger partial charge in [0.05, 0.1) is 4.90 Å². The zero-order valence-electron chi connectivity index (χ0n) is 21.7. The maximum absolute atomic E-state index is 13.4. The van der Waals surface area contributed by atoms with Gasteiger partial charge in [0, 0.05) is 25.7 Å². The second kappa shape index (κ2) is 8.13. The molecule has 1 saturated heterocycles. The molecule has 6 rings (SSSR count). The highest BCUT2D eigenvalue weighted by Gasteiger charge is 2.64. The maximum Gasteiger partial charge on any atom is 0.243 e. The molecule has 8 atom stereocenters. The summed E-state index contributed by atoms with van der Waals surface area (Å²) in [6, 6.07) is 5.91. The average Bonchev–Trinajstić information content (AvgIpc) is 3.32. The topological polar surface area (TPSA) is 40.6 Å². The third kappa shape index (κ3) is 3.38. The van der Waals surface area contributed by atoms with Crippen LogP contribution in [0, 0.1) is 40.3 Å². The maximum atomic E-state index is 13.4. The first-order valence-corrected chi connectivity index (χ1v) is 15.2. The van der Waals surface area contributed by atoms with Gasteiger partial charge in [-0.1, -0.05) is 18.6 Å². The number of halogens is 1. The van der Waals surface area contributed by atoms with Crippen LogP contribution in [0.5, 0.6) is 0 Å². The van der Waals surface area contributed by atoms with E-state index in [0.717, 1.165) is 49.0 Å². The molecule has 1 spiro atoms. The molecular weight excluding hydrogens is 459 g/mol. The van der Waals surface area contributed by atoms with Crippen molar-refractivity contribution in [1.82, 2.24) is 9.21 Å². The smallest absolute Gasteiger partial charge is 0.243 e. The zero-order valence-corrected chi connectivity index (χ0v) is 22.5. The molecule has 4 nitrogen and oxygen atoms in total. The van der Waals surface area contributed by atoms with Crippen LogP contribution in [0.25, 0.3) is 0 Å². The standard InChI is InChI=1S/C29H41FN2O2S/c1-19-25-11-12-27-24-10-5-20-17-22(32(4)35(33,34)23-8-6-21(30)7-9-23)13-15-28(20,2)26(24)14-16-29(25,27)18-31(19)3/h5-9,19,22,24-27H,10-18H2,1-4H3. The number of likely N-dealkylation sites (tertiary alicyclic amines) is 1. The number of hydrogen-bond acceptors (Lipinski definition) is 3. The number of fused-ring (bicyclic) bond motifs is 4. The SMILES string of the molecule is CC1C2CCC3C4CC=C5CC(N(C)S(=O)(=O)c6ccc(F)cc6)CCC5(C)C4CCC32CN1C. The Balaban J connectivity index is 1.23. The molecule has 1 aromatic carbocycles. The number of rotatable bonds is 3. The van der Waals surface area contributed by atoms with Crippen molar-refractivity contribution in [1.29, 1.82) is 0 Å². The molecule has 35 heavy (non-hydrogen) atoms. The lowest BCUT2D eigenvalue weighted by atomic mass is 9.47. The predicted molar refractivity (Wildman–Crippen MR) is 137 cm³/mol. The van der Waals surface area contributed by atoms with Gasteiger partial charge >= 0.3 is 0 Å². The summed E-state index contributed by atoms with van der Waals surface area (Å²) in [4.78, 5) is 2.81. The molecule has 1 heterocycles. The first-order valence-electron chi connectivity index (χ1n) is 13.7. The van der Waals surface area contributed by atoms with Gasteiger partial charge in [0.2, 0.25) is 10.0 Å². The van der Waals surface area contributed by atoms with E-state index >= 15 is 0 Å². The fourth-order valence-electron chi connectivity index (χ4n) is 9.72. The summed E-state index contributed by atoms with van der Waals surface area (Å²) in [6.07, 6.45) is 12.0. The van der Waals surface area contributed by atoms with E-state index in [1.54, 1.807) is 11.4 Å². The van der Waals surface area contributed by atoms with Crippen LogP contribution < -0.4 is 0 Å². The Labute approximate surface area is 211 Å². The van der Waals surface area contributed by atoms with Crippen LogP contribution in [0.1, 0.15) is 65.2 Å². The zero-order chi connectivity index (χ0) is 24.8. The van der Waals surface area contributed by atoms with E-state index in [4.69, 9.17) is 0 Å². The number of nitrogens with zero attached hydrogens (tertiary/aromatic N) is 2. The summed E-state index contributed by atoms with van der Waals surface area (Å²) in [7, 11) is 0.405. The molecule has 0 N–H and O–H groups in total. The van der Waals surface area contributed by atoms with Crippen LogP contribution in [-0.2, 0) is 10.0 Å². The van der Waals surface area contributed by atoms with E-state index in [2.05, 4.69) is 31.9 Å². The van der Waals surface area contributed by atoms with Crippen molar-refractivity contribution in [3.05, 3.63) is 41.7 Å². The van der Waals surface area contributed by atoms with Crippen molar-refractivity contribution in [3.8, 4) is 0 Å². The van der Waals surface area contributed by atoms with Gasteiger partial charge in [-0.05, 0) is 124 Å². The normalized spacial score (nSPS) is 43.3. The highest BCUT2D eigenvalue weighted by Crippen LogP contribution is 2.68. The van der Waals surface area contributed by atoms with Gasteiger partial charge in [0.25, 0.3) is 0 Å². The predicted octanol–water partition coefficient (Wildman–Crippen LogP) is 5.71. The molecule has 4 fully saturated rings. The summed E-state index contributed by atoms with van der Waals surface area (Å²) < 4.78 is 41.5.